The second kappa shape index (κ2) is 4.00. The zero-order valence-electron chi connectivity index (χ0n) is 9.81. The van der Waals surface area contributed by atoms with Gasteiger partial charge in [0.1, 0.15) is 0 Å². The number of rotatable bonds is 2. The van der Waals surface area contributed by atoms with Gasteiger partial charge in [0, 0.05) is 0 Å². The third-order valence-corrected chi connectivity index (χ3v) is 2.61. The van der Waals surface area contributed by atoms with Gasteiger partial charge in [-0.3, -0.25) is 0 Å². The molecule has 1 heterocycles. The molecule has 0 bridgehead atoms. The van der Waals surface area contributed by atoms with Crippen LogP contribution in [0.2, 0.25) is 0 Å². The molecule has 0 saturated carbocycles. The van der Waals surface area contributed by atoms with Crippen molar-refractivity contribution in [3.8, 4) is 11.4 Å². The molecule has 0 atom stereocenters. The largest absolute Gasteiger partial charge is 0.504 e. The van der Waals surface area contributed by atoms with E-state index in [1.54, 1.807) is 4.68 Å². The third kappa shape index (κ3) is 1.81. The molecule has 0 fully saturated rings. The molecule has 0 radical (unpaired) electrons. The predicted molar refractivity (Wildman–Crippen MR) is 64.1 cm³/mol. The Morgan fingerprint density at radius 3 is 2.38 bits per heavy atom. The van der Waals surface area contributed by atoms with E-state index >= 15 is 0 Å². The Hall–Kier alpha value is -1.77. The average Bonchev–Trinajstić information content (AvgIpc) is 2.61. The lowest BCUT2D eigenvalue weighted by Gasteiger charge is -2.10. The summed E-state index contributed by atoms with van der Waals surface area (Å²) in [6.45, 7) is 6.14. The van der Waals surface area contributed by atoms with Gasteiger partial charge in [-0.1, -0.05) is 31.5 Å². The number of hydrogen-bond acceptors (Lipinski definition) is 2. The number of benzene rings is 1. The molecule has 2 aromatic rings. The summed E-state index contributed by atoms with van der Waals surface area (Å²) < 4.78 is 1.79. The quantitative estimate of drug-likeness (QED) is 0.838. The second-order valence-corrected chi connectivity index (χ2v) is 4.32. The number of hydrogen-bond donors (Lipinski definition) is 1. The molecule has 0 aliphatic carbocycles. The Kier molecular flexibility index (Phi) is 2.69. The molecule has 0 unspecified atom stereocenters. The summed E-state index contributed by atoms with van der Waals surface area (Å²) in [7, 11) is 0. The summed E-state index contributed by atoms with van der Waals surface area (Å²) >= 11 is 0. The molecule has 0 saturated heterocycles. The highest BCUT2D eigenvalue weighted by molar-refractivity contribution is 5.39. The molecular weight excluding hydrogens is 200 g/mol. The zero-order valence-corrected chi connectivity index (χ0v) is 9.81. The maximum Gasteiger partial charge on any atom is 0.157 e. The van der Waals surface area contributed by atoms with Gasteiger partial charge in [-0.05, 0) is 25.0 Å². The van der Waals surface area contributed by atoms with Crippen molar-refractivity contribution in [1.29, 1.82) is 0 Å². The van der Waals surface area contributed by atoms with Gasteiger partial charge < -0.3 is 5.11 Å². The molecule has 0 aliphatic heterocycles. The molecule has 1 aromatic heterocycles. The predicted octanol–water partition coefficient (Wildman–Crippen LogP) is 3.01. The van der Waals surface area contributed by atoms with Crippen LogP contribution in [-0.2, 0) is 0 Å². The van der Waals surface area contributed by atoms with Gasteiger partial charge in [0.25, 0.3) is 0 Å². The minimum Gasteiger partial charge on any atom is -0.504 e. The maximum atomic E-state index is 9.73. The average molecular weight is 216 g/mol. The van der Waals surface area contributed by atoms with Crippen LogP contribution in [0.1, 0.15) is 31.0 Å². The Labute approximate surface area is 95.3 Å². The maximum absolute atomic E-state index is 9.73. The van der Waals surface area contributed by atoms with Crippen molar-refractivity contribution in [3.63, 3.8) is 0 Å². The highest BCUT2D eigenvalue weighted by atomic mass is 16.3. The number of aromatic hydroxyl groups is 1. The summed E-state index contributed by atoms with van der Waals surface area (Å²) in [5, 5.41) is 13.9. The second-order valence-electron chi connectivity index (χ2n) is 4.32. The van der Waals surface area contributed by atoms with E-state index in [0.717, 1.165) is 11.4 Å². The molecule has 1 N–H and O–H groups in total. The van der Waals surface area contributed by atoms with Crippen LogP contribution < -0.4 is 0 Å². The van der Waals surface area contributed by atoms with Crippen LogP contribution in [0.5, 0.6) is 5.75 Å². The standard InChI is InChI=1S/C13H16N2O/c1-9(2)13-12(16)8-14-15(13)11-6-4-10(3)5-7-11/h4-9,16H,1-3H3. The first kappa shape index (κ1) is 10.7. The van der Waals surface area contributed by atoms with Crippen LogP contribution in [-0.4, -0.2) is 14.9 Å². The topological polar surface area (TPSA) is 38.0 Å². The van der Waals surface area contributed by atoms with Crippen molar-refractivity contribution in [2.75, 3.05) is 0 Å². The Morgan fingerprint density at radius 1 is 1.19 bits per heavy atom. The Balaban J connectivity index is 2.52. The van der Waals surface area contributed by atoms with E-state index in [-0.39, 0.29) is 11.7 Å². The van der Waals surface area contributed by atoms with Gasteiger partial charge in [-0.25, -0.2) is 4.68 Å². The van der Waals surface area contributed by atoms with E-state index < -0.39 is 0 Å². The summed E-state index contributed by atoms with van der Waals surface area (Å²) in [6.07, 6.45) is 1.50. The van der Waals surface area contributed by atoms with Gasteiger partial charge in [0.2, 0.25) is 0 Å². The SMILES string of the molecule is Cc1ccc(-n2ncc(O)c2C(C)C)cc1. The van der Waals surface area contributed by atoms with Crippen LogP contribution in [0.25, 0.3) is 5.69 Å². The zero-order chi connectivity index (χ0) is 11.7. The van der Waals surface area contributed by atoms with Gasteiger partial charge in [0.05, 0.1) is 17.6 Å². The fraction of sp³-hybridized carbons (Fsp3) is 0.308. The molecular formula is C13H16N2O. The van der Waals surface area contributed by atoms with Crippen LogP contribution >= 0.6 is 0 Å². The minimum atomic E-state index is 0.240. The molecule has 1 aromatic carbocycles. The van der Waals surface area contributed by atoms with Crippen molar-refractivity contribution in [2.45, 2.75) is 26.7 Å². The van der Waals surface area contributed by atoms with Crippen LogP contribution in [0, 0.1) is 6.92 Å². The summed E-state index contributed by atoms with van der Waals surface area (Å²) in [5.41, 5.74) is 3.05. The van der Waals surface area contributed by atoms with E-state index in [9.17, 15) is 5.11 Å². The van der Waals surface area contributed by atoms with Crippen LogP contribution in [0.15, 0.2) is 30.5 Å². The van der Waals surface area contributed by atoms with E-state index in [1.165, 1.54) is 11.8 Å². The van der Waals surface area contributed by atoms with Crippen molar-refractivity contribution < 1.29 is 5.11 Å². The number of nitrogens with zero attached hydrogens (tertiary/aromatic N) is 2. The van der Waals surface area contributed by atoms with Gasteiger partial charge in [0.15, 0.2) is 5.75 Å². The fourth-order valence-electron chi connectivity index (χ4n) is 1.78. The lowest BCUT2D eigenvalue weighted by molar-refractivity contribution is 0.463. The lowest BCUT2D eigenvalue weighted by Crippen LogP contribution is -2.03. The molecule has 16 heavy (non-hydrogen) atoms. The van der Waals surface area contributed by atoms with Crippen LogP contribution in [0.4, 0.5) is 0 Å². The lowest BCUT2D eigenvalue weighted by atomic mass is 10.1. The first-order valence-corrected chi connectivity index (χ1v) is 5.43. The smallest absolute Gasteiger partial charge is 0.157 e. The molecule has 3 heteroatoms. The molecule has 3 nitrogen and oxygen atoms in total. The highest BCUT2D eigenvalue weighted by Gasteiger charge is 2.14. The normalized spacial score (nSPS) is 11.0. The van der Waals surface area contributed by atoms with Crippen molar-refractivity contribution in [2.24, 2.45) is 0 Å². The van der Waals surface area contributed by atoms with E-state index in [0.29, 0.717) is 0 Å². The summed E-state index contributed by atoms with van der Waals surface area (Å²) in [4.78, 5) is 0. The summed E-state index contributed by atoms with van der Waals surface area (Å²) in [5.74, 6) is 0.499. The molecule has 84 valence electrons. The third-order valence-electron chi connectivity index (χ3n) is 2.61. The van der Waals surface area contributed by atoms with Gasteiger partial charge in [-0.2, -0.15) is 5.10 Å². The Bertz CT molecular complexity index is 483. The van der Waals surface area contributed by atoms with Crippen molar-refractivity contribution in [3.05, 3.63) is 41.7 Å². The summed E-state index contributed by atoms with van der Waals surface area (Å²) in [6, 6.07) is 8.09. The molecule has 0 amide bonds. The monoisotopic (exact) mass is 216 g/mol. The molecule has 0 spiro atoms. The van der Waals surface area contributed by atoms with E-state index in [4.69, 9.17) is 0 Å². The van der Waals surface area contributed by atoms with Crippen molar-refractivity contribution in [1.82, 2.24) is 9.78 Å². The van der Waals surface area contributed by atoms with E-state index in [1.807, 2.05) is 45.0 Å². The molecule has 2 rings (SSSR count). The number of aromatic nitrogens is 2. The first-order valence-electron chi connectivity index (χ1n) is 5.43. The van der Waals surface area contributed by atoms with Gasteiger partial charge in [-0.15, -0.1) is 0 Å². The highest BCUT2D eigenvalue weighted by Crippen LogP contribution is 2.27. The van der Waals surface area contributed by atoms with Crippen molar-refractivity contribution >= 4 is 0 Å². The Morgan fingerprint density at radius 2 is 1.81 bits per heavy atom. The molecule has 0 aliphatic rings. The fourth-order valence-corrected chi connectivity index (χ4v) is 1.78. The first-order chi connectivity index (χ1) is 7.59. The number of aryl methyl sites for hydroxylation is 1. The minimum absolute atomic E-state index is 0.240. The van der Waals surface area contributed by atoms with Crippen LogP contribution in [0.3, 0.4) is 0 Å². The van der Waals surface area contributed by atoms with E-state index in [2.05, 4.69) is 5.10 Å². The van der Waals surface area contributed by atoms with Gasteiger partial charge >= 0.3 is 0 Å².